The first kappa shape index (κ1) is 19.8. The zero-order valence-electron chi connectivity index (χ0n) is 9.79. The Labute approximate surface area is 134 Å². The van der Waals surface area contributed by atoms with E-state index in [2.05, 4.69) is 6.92 Å². The van der Waals surface area contributed by atoms with Crippen LogP contribution in [-0.2, 0) is 19.7 Å². The summed E-state index contributed by atoms with van der Waals surface area (Å²) in [5.41, 5.74) is 0. The maximum absolute atomic E-state index is 10.2. The number of carboxylic acid groups (broad SMARTS) is 2. The number of aliphatic carboxylic acids is 2. The second-order valence-corrected chi connectivity index (χ2v) is 6.45. The molecule has 0 aliphatic heterocycles. The average molecular weight is 294 g/mol. The number of carbonyl (C=O) groups is 2. The number of unbranched alkanes of at least 4 members (excludes halogenated alkanes) is 1. The topological polar surface area (TPSA) is 129 Å². The smallest absolute Gasteiger partial charge is 0.325 e. The van der Waals surface area contributed by atoms with Crippen LogP contribution in [0.15, 0.2) is 0 Å². The Morgan fingerprint density at radius 2 is 1.76 bits per heavy atom. The van der Waals surface area contributed by atoms with Gasteiger partial charge in [-0.15, -0.1) is 0 Å². The number of hydrogen-bond donors (Lipinski definition) is 3. The van der Waals surface area contributed by atoms with E-state index in [1.54, 1.807) is 0 Å². The van der Waals surface area contributed by atoms with Crippen molar-refractivity contribution < 1.29 is 32.8 Å². The van der Waals surface area contributed by atoms with Crippen LogP contribution < -0.4 is 0 Å². The van der Waals surface area contributed by atoms with Crippen LogP contribution in [-0.4, -0.2) is 89.3 Å². The second kappa shape index (κ2) is 10.4. The molecule has 0 radical (unpaired) electrons. The maximum atomic E-state index is 10.2. The van der Waals surface area contributed by atoms with Gasteiger partial charge in [-0.3, -0.25) is 14.1 Å². The van der Waals surface area contributed by atoms with Gasteiger partial charge in [0, 0.05) is 0 Å². The first-order valence-electron chi connectivity index (χ1n) is 5.07. The summed E-state index contributed by atoms with van der Waals surface area (Å²) in [4.78, 5) is 20.0. The molecule has 0 fully saturated rings. The molecule has 0 aromatic rings. The SMILES string of the molecule is CCC[CH2][K].O=C(O)CC(C(=O)O)S(=O)(=O)O. The van der Waals surface area contributed by atoms with E-state index in [0.717, 1.165) is 49.0 Å². The van der Waals surface area contributed by atoms with Gasteiger partial charge in [0.1, 0.15) is 0 Å². The van der Waals surface area contributed by atoms with Gasteiger partial charge in [-0.25, -0.2) is 0 Å². The van der Waals surface area contributed by atoms with E-state index in [0.29, 0.717) is 0 Å². The Bertz CT molecular complexity index is 336. The summed E-state index contributed by atoms with van der Waals surface area (Å²) in [6.07, 6.45) is 1.70. The van der Waals surface area contributed by atoms with E-state index in [9.17, 15) is 18.0 Å². The minimum atomic E-state index is -4.84. The van der Waals surface area contributed by atoms with Gasteiger partial charge >= 0.3 is 81.2 Å². The molecule has 1 atom stereocenters. The molecule has 0 saturated heterocycles. The Morgan fingerprint density at radius 3 is 1.82 bits per heavy atom. The Hall–Kier alpha value is 0.486. The molecular weight excluding hydrogens is 279 g/mol. The van der Waals surface area contributed by atoms with Gasteiger partial charge in [-0.1, -0.05) is 0 Å². The van der Waals surface area contributed by atoms with Gasteiger partial charge in [-0.2, -0.15) is 8.42 Å². The molecule has 7 nitrogen and oxygen atoms in total. The van der Waals surface area contributed by atoms with Crippen LogP contribution >= 0.6 is 0 Å². The van der Waals surface area contributed by atoms with Gasteiger partial charge in [0.2, 0.25) is 0 Å². The van der Waals surface area contributed by atoms with Crippen molar-refractivity contribution in [2.45, 2.75) is 32.0 Å². The molecule has 0 amide bonds. The molecule has 0 aliphatic rings. The van der Waals surface area contributed by atoms with Crippen LogP contribution in [0.25, 0.3) is 0 Å². The minimum absolute atomic E-state index is 1.11. The van der Waals surface area contributed by atoms with E-state index in [-0.39, 0.29) is 0 Å². The van der Waals surface area contributed by atoms with Crippen LogP contribution in [0, 0.1) is 0 Å². The fraction of sp³-hybridized carbons (Fsp3) is 0.750. The van der Waals surface area contributed by atoms with Crippen LogP contribution in [0.1, 0.15) is 26.2 Å². The van der Waals surface area contributed by atoms with Gasteiger partial charge in [0.15, 0.2) is 5.25 Å². The van der Waals surface area contributed by atoms with Gasteiger partial charge in [0.25, 0.3) is 10.1 Å². The van der Waals surface area contributed by atoms with Crippen LogP contribution in [0.5, 0.6) is 0 Å². The summed E-state index contributed by atoms with van der Waals surface area (Å²) in [6, 6.07) is 0. The van der Waals surface area contributed by atoms with E-state index in [4.69, 9.17) is 14.8 Å². The summed E-state index contributed by atoms with van der Waals surface area (Å²) in [5, 5.41) is 13.9. The number of rotatable bonds is 6. The first-order valence-corrected chi connectivity index (χ1v) is 8.78. The monoisotopic (exact) mass is 294 g/mol. The van der Waals surface area contributed by atoms with Crippen LogP contribution in [0.4, 0.5) is 0 Å². The molecule has 17 heavy (non-hydrogen) atoms. The van der Waals surface area contributed by atoms with Crippen molar-refractivity contribution >= 4 is 71.0 Å². The average Bonchev–Trinajstić information content (AvgIpc) is 2.14. The van der Waals surface area contributed by atoms with Crippen LogP contribution in [0.3, 0.4) is 0 Å². The molecule has 0 saturated carbocycles. The summed E-state index contributed by atoms with van der Waals surface area (Å²) in [5.74, 6) is -3.50. The third kappa shape index (κ3) is 12.7. The quantitative estimate of drug-likeness (QED) is 0.470. The second-order valence-electron chi connectivity index (χ2n) is 3.29. The summed E-state index contributed by atoms with van der Waals surface area (Å²) in [6.45, 7) is 2.24. The van der Waals surface area contributed by atoms with Crippen molar-refractivity contribution in [3.8, 4) is 0 Å². The van der Waals surface area contributed by atoms with E-state index < -0.39 is 33.7 Å². The standard InChI is InChI=1S/C4H6O7S.C4H9.K/c5-3(6)1-2(4(7)8)12(9,10)11;1-3-4-2;/h2H,1H2,(H,5,6)(H,7,8)(H,9,10,11);1,3-4H2,2H3;. The molecule has 0 bridgehead atoms. The van der Waals surface area contributed by atoms with Gasteiger partial charge in [-0.05, 0) is 0 Å². The van der Waals surface area contributed by atoms with Crippen molar-refractivity contribution in [2.24, 2.45) is 0 Å². The molecule has 96 valence electrons. The maximum Gasteiger partial charge on any atom is 0.325 e. The molecular formula is C8H15KO7S. The Morgan fingerprint density at radius 1 is 1.29 bits per heavy atom. The van der Waals surface area contributed by atoms with E-state index in [1.165, 1.54) is 13.4 Å². The summed E-state index contributed by atoms with van der Waals surface area (Å²) in [7, 11) is -4.84. The van der Waals surface area contributed by atoms with Crippen molar-refractivity contribution in [1.82, 2.24) is 0 Å². The molecule has 0 aromatic carbocycles. The van der Waals surface area contributed by atoms with E-state index in [1.807, 2.05) is 0 Å². The summed E-state index contributed by atoms with van der Waals surface area (Å²) < 4.78 is 30.2. The van der Waals surface area contributed by atoms with Crippen molar-refractivity contribution in [3.63, 3.8) is 0 Å². The molecule has 0 aliphatic carbocycles. The van der Waals surface area contributed by atoms with Crippen molar-refractivity contribution in [1.29, 1.82) is 0 Å². The fourth-order valence-corrected chi connectivity index (χ4v) is 2.54. The predicted octanol–water partition coefficient (Wildman–Crippen LogP) is 0.175. The number of hydrogen-bond acceptors (Lipinski definition) is 4. The molecule has 0 heterocycles. The predicted molar refractivity (Wildman–Crippen MR) is 60.7 cm³/mol. The molecule has 0 spiro atoms. The third-order valence-corrected chi connectivity index (χ3v) is 3.89. The first-order chi connectivity index (χ1) is 7.66. The molecule has 3 N–H and O–H groups in total. The zero-order valence-corrected chi connectivity index (χ0v) is 13.7. The largest absolute Gasteiger partial charge is 0.481 e. The summed E-state index contributed by atoms with van der Waals surface area (Å²) >= 11 is 1.11. The molecule has 0 rings (SSSR count). The molecule has 0 aromatic heterocycles. The zero-order chi connectivity index (χ0) is 14.1. The van der Waals surface area contributed by atoms with Crippen molar-refractivity contribution in [3.05, 3.63) is 0 Å². The minimum Gasteiger partial charge on any atom is -0.481 e. The molecule has 9 heteroatoms. The van der Waals surface area contributed by atoms with Crippen LogP contribution in [0.2, 0.25) is 0.515 Å². The normalized spacial score (nSPS) is 12.2. The van der Waals surface area contributed by atoms with E-state index >= 15 is 0 Å². The third-order valence-electron chi connectivity index (χ3n) is 1.70. The van der Waals surface area contributed by atoms with Gasteiger partial charge in [0.05, 0.1) is 6.42 Å². The van der Waals surface area contributed by atoms with Gasteiger partial charge < -0.3 is 10.2 Å². The Kier molecular flexibility index (Phi) is 12.1. The Balaban J connectivity index is 0. The van der Waals surface area contributed by atoms with Crippen molar-refractivity contribution in [2.75, 3.05) is 0 Å². The molecule has 1 unspecified atom stereocenters. The fourth-order valence-electron chi connectivity index (χ4n) is 0.832. The number of carboxylic acids is 2.